The molecule has 86 valence electrons. The van der Waals surface area contributed by atoms with Crippen molar-refractivity contribution < 1.29 is 5.11 Å². The summed E-state index contributed by atoms with van der Waals surface area (Å²) in [6.45, 7) is 6.45. The molecule has 1 aromatic rings. The summed E-state index contributed by atoms with van der Waals surface area (Å²) in [5.74, 6) is 0. The van der Waals surface area contributed by atoms with Gasteiger partial charge < -0.3 is 10.4 Å². The van der Waals surface area contributed by atoms with Crippen LogP contribution < -0.4 is 5.32 Å². The normalized spacial score (nSPS) is 15.0. The monoisotopic (exact) mass is 211 g/mol. The minimum Gasteiger partial charge on any atom is -0.388 e. The van der Waals surface area contributed by atoms with Crippen LogP contribution in [-0.4, -0.2) is 27.0 Å². The number of nitrogens with one attached hydrogen (secondary N) is 1. The van der Waals surface area contributed by atoms with Crippen LogP contribution in [-0.2, 0) is 13.5 Å². The van der Waals surface area contributed by atoms with Gasteiger partial charge in [0.25, 0.3) is 0 Å². The predicted octanol–water partition coefficient (Wildman–Crippen LogP) is 1.56. The molecule has 15 heavy (non-hydrogen) atoms. The van der Waals surface area contributed by atoms with Crippen molar-refractivity contribution >= 4 is 5.69 Å². The van der Waals surface area contributed by atoms with E-state index in [2.05, 4.69) is 17.3 Å². The molecule has 1 unspecified atom stereocenters. The van der Waals surface area contributed by atoms with E-state index in [1.54, 1.807) is 4.68 Å². The van der Waals surface area contributed by atoms with Gasteiger partial charge in [0.1, 0.15) is 0 Å². The highest BCUT2D eigenvalue weighted by molar-refractivity contribution is 5.46. The molecular formula is C11H21N3O. The summed E-state index contributed by atoms with van der Waals surface area (Å²) in [6, 6.07) is 0. The molecular weight excluding hydrogens is 190 g/mol. The molecule has 0 radical (unpaired) electrons. The van der Waals surface area contributed by atoms with Gasteiger partial charge in [-0.25, -0.2) is 0 Å². The Morgan fingerprint density at radius 1 is 1.53 bits per heavy atom. The van der Waals surface area contributed by atoms with Gasteiger partial charge in [0, 0.05) is 19.8 Å². The highest BCUT2D eigenvalue weighted by Crippen LogP contribution is 2.16. The van der Waals surface area contributed by atoms with Crippen molar-refractivity contribution in [1.82, 2.24) is 9.78 Å². The van der Waals surface area contributed by atoms with Gasteiger partial charge in [0.15, 0.2) is 0 Å². The molecule has 0 aliphatic carbocycles. The van der Waals surface area contributed by atoms with Crippen LogP contribution in [0.2, 0.25) is 0 Å². The average molecular weight is 211 g/mol. The molecule has 1 aromatic heterocycles. The summed E-state index contributed by atoms with van der Waals surface area (Å²) in [4.78, 5) is 0. The average Bonchev–Trinajstić information content (AvgIpc) is 2.56. The Labute approximate surface area is 91.3 Å². The first kappa shape index (κ1) is 12.0. The Kier molecular flexibility index (Phi) is 3.74. The smallest absolute Gasteiger partial charge is 0.0853 e. The third kappa shape index (κ3) is 3.23. The maximum Gasteiger partial charge on any atom is 0.0853 e. The largest absolute Gasteiger partial charge is 0.388 e. The minimum atomic E-state index is -0.652. The van der Waals surface area contributed by atoms with E-state index < -0.39 is 5.60 Å². The zero-order valence-corrected chi connectivity index (χ0v) is 10.0. The molecule has 4 heteroatoms. The van der Waals surface area contributed by atoms with E-state index in [1.165, 1.54) is 0 Å². The van der Waals surface area contributed by atoms with Gasteiger partial charge in [-0.15, -0.1) is 0 Å². The molecule has 1 atom stereocenters. The SMILES string of the molecule is CCc1nn(C)cc1NCC(C)(O)CC. The van der Waals surface area contributed by atoms with Gasteiger partial charge in [-0.2, -0.15) is 5.10 Å². The lowest BCUT2D eigenvalue weighted by Crippen LogP contribution is -2.32. The molecule has 0 aliphatic heterocycles. The summed E-state index contributed by atoms with van der Waals surface area (Å²) >= 11 is 0. The van der Waals surface area contributed by atoms with Gasteiger partial charge in [-0.05, 0) is 19.8 Å². The molecule has 0 aromatic carbocycles. The molecule has 0 fully saturated rings. The van der Waals surface area contributed by atoms with Crippen molar-refractivity contribution in [2.24, 2.45) is 7.05 Å². The second-order valence-corrected chi connectivity index (χ2v) is 4.22. The van der Waals surface area contributed by atoms with Crippen LogP contribution in [0.5, 0.6) is 0 Å². The van der Waals surface area contributed by atoms with E-state index in [4.69, 9.17) is 0 Å². The first-order chi connectivity index (χ1) is 6.98. The summed E-state index contributed by atoms with van der Waals surface area (Å²) in [6.07, 6.45) is 3.59. The Morgan fingerprint density at radius 3 is 2.73 bits per heavy atom. The Bertz CT molecular complexity index is 318. The fourth-order valence-electron chi connectivity index (χ4n) is 1.35. The summed E-state index contributed by atoms with van der Waals surface area (Å²) in [5.41, 5.74) is 1.42. The lowest BCUT2D eigenvalue weighted by Gasteiger charge is -2.21. The number of aryl methyl sites for hydroxylation is 2. The van der Waals surface area contributed by atoms with Gasteiger partial charge in [-0.1, -0.05) is 13.8 Å². The van der Waals surface area contributed by atoms with Crippen molar-refractivity contribution in [1.29, 1.82) is 0 Å². The maximum atomic E-state index is 9.87. The van der Waals surface area contributed by atoms with Gasteiger partial charge in [0.2, 0.25) is 0 Å². The Balaban J connectivity index is 2.64. The van der Waals surface area contributed by atoms with Gasteiger partial charge in [0.05, 0.1) is 17.0 Å². The van der Waals surface area contributed by atoms with Crippen LogP contribution >= 0.6 is 0 Å². The molecule has 1 heterocycles. The molecule has 0 saturated carbocycles. The van der Waals surface area contributed by atoms with Gasteiger partial charge in [-0.3, -0.25) is 4.68 Å². The maximum absolute atomic E-state index is 9.87. The second kappa shape index (κ2) is 4.66. The first-order valence-electron chi connectivity index (χ1n) is 5.47. The fraction of sp³-hybridized carbons (Fsp3) is 0.727. The number of hydrogen-bond acceptors (Lipinski definition) is 3. The van der Waals surface area contributed by atoms with Crippen LogP contribution in [0.25, 0.3) is 0 Å². The standard InChI is InChI=1S/C11H21N3O/c1-5-9-10(7-14(4)13-9)12-8-11(3,15)6-2/h7,12,15H,5-6,8H2,1-4H3. The summed E-state index contributed by atoms with van der Waals surface area (Å²) < 4.78 is 1.79. The van der Waals surface area contributed by atoms with Crippen LogP contribution in [0.15, 0.2) is 6.20 Å². The third-order valence-electron chi connectivity index (χ3n) is 2.66. The van der Waals surface area contributed by atoms with E-state index in [9.17, 15) is 5.11 Å². The molecule has 0 bridgehead atoms. The van der Waals surface area contributed by atoms with Crippen LogP contribution in [0.3, 0.4) is 0 Å². The number of anilines is 1. The number of hydrogen-bond donors (Lipinski definition) is 2. The van der Waals surface area contributed by atoms with Crippen molar-refractivity contribution in [3.05, 3.63) is 11.9 Å². The zero-order chi connectivity index (χ0) is 11.5. The number of nitrogens with zero attached hydrogens (tertiary/aromatic N) is 2. The fourth-order valence-corrected chi connectivity index (χ4v) is 1.35. The Hall–Kier alpha value is -1.03. The molecule has 1 rings (SSSR count). The minimum absolute atomic E-state index is 0.558. The zero-order valence-electron chi connectivity index (χ0n) is 10.0. The molecule has 0 saturated heterocycles. The molecule has 0 aliphatic rings. The number of aromatic nitrogens is 2. The predicted molar refractivity (Wildman–Crippen MR) is 62.0 cm³/mol. The van der Waals surface area contributed by atoms with Crippen LogP contribution in [0.1, 0.15) is 32.9 Å². The van der Waals surface area contributed by atoms with E-state index in [1.807, 2.05) is 27.1 Å². The lowest BCUT2D eigenvalue weighted by atomic mass is 10.0. The van der Waals surface area contributed by atoms with Crippen LogP contribution in [0.4, 0.5) is 5.69 Å². The Morgan fingerprint density at radius 2 is 2.20 bits per heavy atom. The molecule has 0 amide bonds. The first-order valence-corrected chi connectivity index (χ1v) is 5.47. The topological polar surface area (TPSA) is 50.1 Å². The number of rotatable bonds is 5. The highest BCUT2D eigenvalue weighted by atomic mass is 16.3. The molecule has 4 nitrogen and oxygen atoms in total. The van der Waals surface area contributed by atoms with E-state index in [0.717, 1.165) is 24.2 Å². The van der Waals surface area contributed by atoms with E-state index >= 15 is 0 Å². The number of aliphatic hydroxyl groups is 1. The lowest BCUT2D eigenvalue weighted by molar-refractivity contribution is 0.0697. The van der Waals surface area contributed by atoms with Crippen molar-refractivity contribution in [2.75, 3.05) is 11.9 Å². The summed E-state index contributed by atoms with van der Waals surface area (Å²) in [5, 5.41) is 17.4. The third-order valence-corrected chi connectivity index (χ3v) is 2.66. The van der Waals surface area contributed by atoms with E-state index in [-0.39, 0.29) is 0 Å². The molecule has 2 N–H and O–H groups in total. The molecule has 0 spiro atoms. The van der Waals surface area contributed by atoms with Crippen molar-refractivity contribution in [3.63, 3.8) is 0 Å². The van der Waals surface area contributed by atoms with Crippen LogP contribution in [0, 0.1) is 0 Å². The van der Waals surface area contributed by atoms with Gasteiger partial charge >= 0.3 is 0 Å². The van der Waals surface area contributed by atoms with Crippen molar-refractivity contribution in [3.8, 4) is 0 Å². The van der Waals surface area contributed by atoms with Crippen molar-refractivity contribution in [2.45, 2.75) is 39.2 Å². The summed E-state index contributed by atoms with van der Waals surface area (Å²) in [7, 11) is 1.91. The van der Waals surface area contributed by atoms with E-state index in [0.29, 0.717) is 6.54 Å². The quantitative estimate of drug-likeness (QED) is 0.777. The highest BCUT2D eigenvalue weighted by Gasteiger charge is 2.17. The second-order valence-electron chi connectivity index (χ2n) is 4.22.